The van der Waals surface area contributed by atoms with Gasteiger partial charge in [0.25, 0.3) is 0 Å². The fraction of sp³-hybridized carbons (Fsp3) is 0.625. The zero-order chi connectivity index (χ0) is 13.2. The van der Waals surface area contributed by atoms with E-state index in [-0.39, 0.29) is 0 Å². The Balaban J connectivity index is 1.80. The van der Waals surface area contributed by atoms with E-state index in [4.69, 9.17) is 9.47 Å². The van der Waals surface area contributed by atoms with Crippen LogP contribution in [0.1, 0.15) is 44.2 Å². The van der Waals surface area contributed by atoms with Crippen molar-refractivity contribution in [3.8, 4) is 11.5 Å². The molecule has 104 valence electrons. The zero-order valence-electron chi connectivity index (χ0n) is 11.8. The number of benzene rings is 1. The summed E-state index contributed by atoms with van der Waals surface area (Å²) in [6, 6.07) is 7.18. The van der Waals surface area contributed by atoms with Crippen LogP contribution in [0.2, 0.25) is 0 Å². The molecule has 0 amide bonds. The lowest BCUT2D eigenvalue weighted by Gasteiger charge is -2.31. The number of methoxy groups -OCH3 is 1. The van der Waals surface area contributed by atoms with Gasteiger partial charge in [0.2, 0.25) is 0 Å². The zero-order valence-corrected chi connectivity index (χ0v) is 11.8. The molecule has 1 aromatic rings. The van der Waals surface area contributed by atoms with Gasteiger partial charge in [-0.3, -0.25) is 0 Å². The SMILES string of the molecule is COc1ccc2c(c1)C(NC1CCCC1C)CCO2. The van der Waals surface area contributed by atoms with E-state index < -0.39 is 0 Å². The average molecular weight is 261 g/mol. The molecular weight excluding hydrogens is 238 g/mol. The van der Waals surface area contributed by atoms with Crippen LogP contribution in [0.15, 0.2) is 18.2 Å². The van der Waals surface area contributed by atoms with E-state index in [1.54, 1.807) is 7.11 Å². The highest BCUT2D eigenvalue weighted by molar-refractivity contribution is 5.43. The molecule has 3 rings (SSSR count). The van der Waals surface area contributed by atoms with Gasteiger partial charge in [-0.25, -0.2) is 0 Å². The fourth-order valence-corrected chi connectivity index (χ4v) is 3.32. The molecule has 1 N–H and O–H groups in total. The van der Waals surface area contributed by atoms with Crippen molar-refractivity contribution in [3.05, 3.63) is 23.8 Å². The van der Waals surface area contributed by atoms with E-state index >= 15 is 0 Å². The standard InChI is InChI=1S/C16H23NO2/c1-11-4-3-5-14(11)17-15-8-9-19-16-7-6-12(18-2)10-13(15)16/h6-7,10-11,14-15,17H,3-5,8-9H2,1-2H3. The van der Waals surface area contributed by atoms with Crippen LogP contribution < -0.4 is 14.8 Å². The molecule has 3 unspecified atom stereocenters. The van der Waals surface area contributed by atoms with Gasteiger partial charge in [-0.1, -0.05) is 13.3 Å². The minimum absolute atomic E-state index is 0.407. The first kappa shape index (κ1) is 12.8. The van der Waals surface area contributed by atoms with Gasteiger partial charge in [0.1, 0.15) is 11.5 Å². The number of fused-ring (bicyclic) bond motifs is 1. The molecule has 1 aliphatic carbocycles. The molecule has 2 aliphatic rings. The molecule has 1 aliphatic heterocycles. The summed E-state index contributed by atoms with van der Waals surface area (Å²) in [6.45, 7) is 3.16. The quantitative estimate of drug-likeness (QED) is 0.905. The molecule has 1 aromatic carbocycles. The predicted octanol–water partition coefficient (Wildman–Crippen LogP) is 3.30. The summed E-state index contributed by atoms with van der Waals surface area (Å²) in [4.78, 5) is 0. The van der Waals surface area contributed by atoms with Crippen LogP contribution >= 0.6 is 0 Å². The lowest BCUT2D eigenvalue weighted by Crippen LogP contribution is -2.37. The molecule has 1 fully saturated rings. The van der Waals surface area contributed by atoms with Crippen molar-refractivity contribution in [2.24, 2.45) is 5.92 Å². The highest BCUT2D eigenvalue weighted by Crippen LogP contribution is 2.36. The van der Waals surface area contributed by atoms with E-state index in [9.17, 15) is 0 Å². The molecular formula is C16H23NO2. The molecule has 3 heteroatoms. The smallest absolute Gasteiger partial charge is 0.124 e. The second-order valence-electron chi connectivity index (χ2n) is 5.77. The summed E-state index contributed by atoms with van der Waals surface area (Å²) in [5.41, 5.74) is 1.25. The van der Waals surface area contributed by atoms with Crippen molar-refractivity contribution in [1.82, 2.24) is 5.32 Å². The monoisotopic (exact) mass is 261 g/mol. The maximum Gasteiger partial charge on any atom is 0.124 e. The lowest BCUT2D eigenvalue weighted by atomic mass is 9.97. The number of rotatable bonds is 3. The van der Waals surface area contributed by atoms with Crippen molar-refractivity contribution >= 4 is 0 Å². The van der Waals surface area contributed by atoms with E-state index in [1.807, 2.05) is 12.1 Å². The minimum atomic E-state index is 0.407. The van der Waals surface area contributed by atoms with Crippen molar-refractivity contribution in [3.63, 3.8) is 0 Å². The van der Waals surface area contributed by atoms with Gasteiger partial charge >= 0.3 is 0 Å². The van der Waals surface area contributed by atoms with Gasteiger partial charge in [0.15, 0.2) is 0 Å². The van der Waals surface area contributed by atoms with Crippen LogP contribution in [0.4, 0.5) is 0 Å². The Kier molecular flexibility index (Phi) is 3.65. The van der Waals surface area contributed by atoms with Crippen molar-refractivity contribution in [2.45, 2.75) is 44.7 Å². The van der Waals surface area contributed by atoms with E-state index in [0.29, 0.717) is 12.1 Å². The molecule has 0 saturated heterocycles. The molecule has 3 atom stereocenters. The highest BCUT2D eigenvalue weighted by Gasteiger charge is 2.29. The number of ether oxygens (including phenoxy) is 2. The lowest BCUT2D eigenvalue weighted by molar-refractivity contribution is 0.236. The molecule has 0 spiro atoms. The highest BCUT2D eigenvalue weighted by atomic mass is 16.5. The van der Waals surface area contributed by atoms with E-state index in [2.05, 4.69) is 18.3 Å². The third kappa shape index (κ3) is 2.57. The molecule has 3 nitrogen and oxygen atoms in total. The predicted molar refractivity (Wildman–Crippen MR) is 75.8 cm³/mol. The third-order valence-corrected chi connectivity index (χ3v) is 4.53. The van der Waals surface area contributed by atoms with Crippen LogP contribution in [0.5, 0.6) is 11.5 Å². The van der Waals surface area contributed by atoms with Crippen LogP contribution in [-0.4, -0.2) is 19.8 Å². The minimum Gasteiger partial charge on any atom is -0.497 e. The summed E-state index contributed by atoms with van der Waals surface area (Å²) >= 11 is 0. The Morgan fingerprint density at radius 1 is 1.26 bits per heavy atom. The summed E-state index contributed by atoms with van der Waals surface area (Å²) in [5.74, 6) is 2.71. The normalized spacial score (nSPS) is 29.7. The fourth-order valence-electron chi connectivity index (χ4n) is 3.32. The Hall–Kier alpha value is -1.22. The summed E-state index contributed by atoms with van der Waals surface area (Å²) in [7, 11) is 1.72. The van der Waals surface area contributed by atoms with Crippen molar-refractivity contribution in [1.29, 1.82) is 0 Å². The van der Waals surface area contributed by atoms with Gasteiger partial charge in [0.05, 0.1) is 13.7 Å². The first-order chi connectivity index (χ1) is 9.28. The average Bonchev–Trinajstić information content (AvgIpc) is 2.84. The molecule has 1 heterocycles. The van der Waals surface area contributed by atoms with Gasteiger partial charge in [-0.05, 0) is 37.0 Å². The van der Waals surface area contributed by atoms with Crippen LogP contribution in [0, 0.1) is 5.92 Å². The first-order valence-corrected chi connectivity index (χ1v) is 7.34. The first-order valence-electron chi connectivity index (χ1n) is 7.34. The van der Waals surface area contributed by atoms with Crippen LogP contribution in [-0.2, 0) is 0 Å². The largest absolute Gasteiger partial charge is 0.497 e. The maximum atomic E-state index is 5.75. The van der Waals surface area contributed by atoms with E-state index in [0.717, 1.165) is 30.4 Å². The van der Waals surface area contributed by atoms with Gasteiger partial charge < -0.3 is 14.8 Å². The Bertz CT molecular complexity index is 446. The summed E-state index contributed by atoms with van der Waals surface area (Å²) < 4.78 is 11.1. The van der Waals surface area contributed by atoms with Crippen molar-refractivity contribution in [2.75, 3.05) is 13.7 Å². The Labute approximate surface area is 115 Å². The summed E-state index contributed by atoms with van der Waals surface area (Å²) in [6.07, 6.45) is 5.06. The van der Waals surface area contributed by atoms with Gasteiger partial charge in [0, 0.05) is 24.1 Å². The molecule has 0 radical (unpaired) electrons. The number of hydrogen-bond donors (Lipinski definition) is 1. The molecule has 0 aromatic heterocycles. The van der Waals surface area contributed by atoms with Crippen molar-refractivity contribution < 1.29 is 9.47 Å². The second kappa shape index (κ2) is 5.41. The van der Waals surface area contributed by atoms with Crippen LogP contribution in [0.3, 0.4) is 0 Å². The Morgan fingerprint density at radius 3 is 2.89 bits per heavy atom. The maximum absolute atomic E-state index is 5.75. The second-order valence-corrected chi connectivity index (χ2v) is 5.77. The third-order valence-electron chi connectivity index (χ3n) is 4.53. The topological polar surface area (TPSA) is 30.5 Å². The molecule has 0 bridgehead atoms. The van der Waals surface area contributed by atoms with E-state index in [1.165, 1.54) is 24.8 Å². The summed E-state index contributed by atoms with van der Waals surface area (Å²) in [5, 5.41) is 3.84. The Morgan fingerprint density at radius 2 is 2.16 bits per heavy atom. The van der Waals surface area contributed by atoms with Gasteiger partial charge in [-0.2, -0.15) is 0 Å². The van der Waals surface area contributed by atoms with Gasteiger partial charge in [-0.15, -0.1) is 0 Å². The number of hydrogen-bond acceptors (Lipinski definition) is 3. The van der Waals surface area contributed by atoms with Crippen LogP contribution in [0.25, 0.3) is 0 Å². The number of nitrogens with one attached hydrogen (secondary N) is 1. The molecule has 1 saturated carbocycles. The molecule has 19 heavy (non-hydrogen) atoms.